The number of hydrogen-bond acceptors (Lipinski definition) is 3. The van der Waals surface area contributed by atoms with Crippen LogP contribution in [0, 0.1) is 6.92 Å². The summed E-state index contributed by atoms with van der Waals surface area (Å²) in [6.45, 7) is 2.32. The van der Waals surface area contributed by atoms with E-state index in [0.717, 1.165) is 29.4 Å². The lowest BCUT2D eigenvalue weighted by Crippen LogP contribution is -2.35. The summed E-state index contributed by atoms with van der Waals surface area (Å²) in [6.07, 6.45) is 2.06. The van der Waals surface area contributed by atoms with Crippen LogP contribution in [0.25, 0.3) is 10.9 Å². The van der Waals surface area contributed by atoms with Crippen LogP contribution in [0.2, 0.25) is 0 Å². The molecule has 1 aliphatic rings. The number of rotatable bonds is 4. The number of aryl methyl sites for hydroxylation is 1. The third-order valence-corrected chi connectivity index (χ3v) is 3.68. The summed E-state index contributed by atoms with van der Waals surface area (Å²) >= 11 is 0. The van der Waals surface area contributed by atoms with Gasteiger partial charge in [0.15, 0.2) is 0 Å². The molecule has 0 atom stereocenters. The summed E-state index contributed by atoms with van der Waals surface area (Å²) < 4.78 is 0. The number of carbonyl (C=O) groups excluding carboxylic acids is 1. The number of benzene rings is 1. The lowest BCUT2D eigenvalue weighted by atomic mass is 10.1. The first-order valence-electron chi connectivity index (χ1n) is 6.99. The number of aliphatic hydroxyl groups excluding tert-OH is 1. The minimum Gasteiger partial charge on any atom is -0.395 e. The summed E-state index contributed by atoms with van der Waals surface area (Å²) in [7, 11) is 0. The molecule has 4 nitrogen and oxygen atoms in total. The Hall–Kier alpha value is -1.94. The number of hydrogen-bond donors (Lipinski definition) is 1. The molecule has 0 saturated heterocycles. The summed E-state index contributed by atoms with van der Waals surface area (Å²) in [6, 6.07) is 9.90. The topological polar surface area (TPSA) is 53.4 Å². The monoisotopic (exact) mass is 270 g/mol. The molecule has 3 rings (SSSR count). The molecule has 1 amide bonds. The van der Waals surface area contributed by atoms with Crippen LogP contribution in [0.3, 0.4) is 0 Å². The van der Waals surface area contributed by atoms with E-state index in [1.54, 1.807) is 4.90 Å². The Labute approximate surface area is 118 Å². The van der Waals surface area contributed by atoms with Gasteiger partial charge in [0.25, 0.3) is 5.91 Å². The number of aliphatic hydroxyl groups is 1. The zero-order chi connectivity index (χ0) is 14.1. The molecule has 0 bridgehead atoms. The molecular formula is C16H18N2O2. The van der Waals surface area contributed by atoms with Crippen molar-refractivity contribution in [2.75, 3.05) is 13.2 Å². The normalized spacial score (nSPS) is 14.5. The molecule has 1 aromatic heterocycles. The third kappa shape index (κ3) is 2.39. The molecule has 0 unspecified atom stereocenters. The lowest BCUT2D eigenvalue weighted by Gasteiger charge is -2.22. The Balaban J connectivity index is 2.04. The van der Waals surface area contributed by atoms with Gasteiger partial charge in [0, 0.05) is 23.7 Å². The van der Waals surface area contributed by atoms with Crippen LogP contribution in [0.1, 0.15) is 28.9 Å². The first kappa shape index (κ1) is 13.1. The van der Waals surface area contributed by atoms with Gasteiger partial charge in [0.1, 0.15) is 0 Å². The summed E-state index contributed by atoms with van der Waals surface area (Å²) in [5.41, 5.74) is 2.28. The van der Waals surface area contributed by atoms with Crippen molar-refractivity contribution < 1.29 is 9.90 Å². The SMILES string of the molecule is Cc1ccc2cccc(C(=O)N(CCO)C3CC3)c2n1. The number of amides is 1. The van der Waals surface area contributed by atoms with Crippen LogP contribution in [0.15, 0.2) is 30.3 Å². The molecule has 0 spiro atoms. The minimum absolute atomic E-state index is 0.000533. The predicted molar refractivity (Wildman–Crippen MR) is 77.6 cm³/mol. The van der Waals surface area contributed by atoms with Crippen molar-refractivity contribution in [1.82, 2.24) is 9.88 Å². The van der Waals surface area contributed by atoms with E-state index in [1.165, 1.54) is 0 Å². The van der Waals surface area contributed by atoms with Gasteiger partial charge < -0.3 is 10.0 Å². The zero-order valence-electron chi connectivity index (χ0n) is 11.5. The first-order valence-corrected chi connectivity index (χ1v) is 6.99. The standard InChI is InChI=1S/C16H18N2O2/c1-11-5-6-12-3-2-4-14(15(12)17-11)16(20)18(9-10-19)13-7-8-13/h2-6,13,19H,7-10H2,1H3. The van der Waals surface area contributed by atoms with E-state index in [2.05, 4.69) is 4.98 Å². The first-order chi connectivity index (χ1) is 9.70. The Morgan fingerprint density at radius 3 is 2.85 bits per heavy atom. The fourth-order valence-electron chi connectivity index (χ4n) is 2.52. The Kier molecular flexibility index (Phi) is 3.40. The fraction of sp³-hybridized carbons (Fsp3) is 0.375. The maximum absolute atomic E-state index is 12.7. The van der Waals surface area contributed by atoms with E-state index < -0.39 is 0 Å². The van der Waals surface area contributed by atoms with Crippen LogP contribution >= 0.6 is 0 Å². The Bertz CT molecular complexity index is 650. The highest BCUT2D eigenvalue weighted by atomic mass is 16.3. The van der Waals surface area contributed by atoms with Crippen molar-refractivity contribution in [2.24, 2.45) is 0 Å². The number of para-hydroxylation sites is 1. The number of aromatic nitrogens is 1. The molecule has 4 heteroatoms. The number of nitrogens with zero attached hydrogens (tertiary/aromatic N) is 2. The van der Waals surface area contributed by atoms with Crippen molar-refractivity contribution in [1.29, 1.82) is 0 Å². The van der Waals surface area contributed by atoms with Crippen molar-refractivity contribution in [3.8, 4) is 0 Å². The van der Waals surface area contributed by atoms with Gasteiger partial charge in [-0.1, -0.05) is 18.2 Å². The molecule has 1 heterocycles. The Morgan fingerprint density at radius 2 is 2.15 bits per heavy atom. The van der Waals surface area contributed by atoms with Gasteiger partial charge in [-0.15, -0.1) is 0 Å². The highest BCUT2D eigenvalue weighted by Gasteiger charge is 2.33. The molecule has 1 fully saturated rings. The van der Waals surface area contributed by atoms with Crippen molar-refractivity contribution >= 4 is 16.8 Å². The number of fused-ring (bicyclic) bond motifs is 1. The summed E-state index contributed by atoms with van der Waals surface area (Å²) in [4.78, 5) is 19.0. The van der Waals surface area contributed by atoms with Gasteiger partial charge >= 0.3 is 0 Å². The maximum Gasteiger partial charge on any atom is 0.256 e. The maximum atomic E-state index is 12.7. The average Bonchev–Trinajstić information content (AvgIpc) is 3.28. The van der Waals surface area contributed by atoms with Gasteiger partial charge in [0.2, 0.25) is 0 Å². The molecule has 0 radical (unpaired) electrons. The molecule has 1 aliphatic carbocycles. The van der Waals surface area contributed by atoms with Gasteiger partial charge in [-0.2, -0.15) is 0 Å². The van der Waals surface area contributed by atoms with Gasteiger partial charge in [-0.05, 0) is 31.9 Å². The van der Waals surface area contributed by atoms with E-state index in [9.17, 15) is 4.79 Å². The van der Waals surface area contributed by atoms with Crippen molar-refractivity contribution in [3.05, 3.63) is 41.6 Å². The molecular weight excluding hydrogens is 252 g/mol. The second-order valence-corrected chi connectivity index (χ2v) is 5.28. The third-order valence-electron chi connectivity index (χ3n) is 3.68. The Morgan fingerprint density at radius 1 is 1.35 bits per heavy atom. The molecule has 1 N–H and O–H groups in total. The minimum atomic E-state index is -0.0229. The predicted octanol–water partition coefficient (Wildman–Crippen LogP) is 2.14. The smallest absolute Gasteiger partial charge is 0.256 e. The molecule has 2 aromatic rings. The van der Waals surface area contributed by atoms with E-state index in [0.29, 0.717) is 12.1 Å². The second-order valence-electron chi connectivity index (χ2n) is 5.28. The van der Waals surface area contributed by atoms with Crippen molar-refractivity contribution in [2.45, 2.75) is 25.8 Å². The zero-order valence-corrected chi connectivity index (χ0v) is 11.5. The van der Waals surface area contributed by atoms with E-state index >= 15 is 0 Å². The number of pyridine rings is 1. The molecule has 104 valence electrons. The van der Waals surface area contributed by atoms with Gasteiger partial charge in [0.05, 0.1) is 17.7 Å². The lowest BCUT2D eigenvalue weighted by molar-refractivity contribution is 0.0709. The number of carbonyl (C=O) groups is 1. The molecule has 20 heavy (non-hydrogen) atoms. The van der Waals surface area contributed by atoms with Crippen LogP contribution in [0.5, 0.6) is 0 Å². The van der Waals surface area contributed by atoms with E-state index in [-0.39, 0.29) is 18.6 Å². The van der Waals surface area contributed by atoms with Crippen molar-refractivity contribution in [3.63, 3.8) is 0 Å². The van der Waals surface area contributed by atoms with Crippen LogP contribution in [0.4, 0.5) is 0 Å². The van der Waals surface area contributed by atoms with Gasteiger partial charge in [-0.25, -0.2) is 0 Å². The van der Waals surface area contributed by atoms with E-state index in [4.69, 9.17) is 5.11 Å². The van der Waals surface area contributed by atoms with Crippen LogP contribution in [-0.2, 0) is 0 Å². The average molecular weight is 270 g/mol. The van der Waals surface area contributed by atoms with E-state index in [1.807, 2.05) is 37.3 Å². The largest absolute Gasteiger partial charge is 0.395 e. The second kappa shape index (κ2) is 5.21. The molecule has 1 aromatic carbocycles. The molecule has 0 aliphatic heterocycles. The molecule has 1 saturated carbocycles. The summed E-state index contributed by atoms with van der Waals surface area (Å²) in [5.74, 6) is -0.0229. The summed E-state index contributed by atoms with van der Waals surface area (Å²) in [5, 5.41) is 10.1. The quantitative estimate of drug-likeness (QED) is 0.926. The van der Waals surface area contributed by atoms with Crippen LogP contribution in [-0.4, -0.2) is 40.1 Å². The highest BCUT2D eigenvalue weighted by Crippen LogP contribution is 2.29. The van der Waals surface area contributed by atoms with Gasteiger partial charge in [-0.3, -0.25) is 9.78 Å². The van der Waals surface area contributed by atoms with Crippen LogP contribution < -0.4 is 0 Å². The fourth-order valence-corrected chi connectivity index (χ4v) is 2.52. The highest BCUT2D eigenvalue weighted by molar-refractivity contribution is 6.05.